The quantitative estimate of drug-likeness (QED) is 0.689. The van der Waals surface area contributed by atoms with Gasteiger partial charge in [0.1, 0.15) is 0 Å². The van der Waals surface area contributed by atoms with Gasteiger partial charge in [-0.15, -0.1) is 0 Å². The summed E-state index contributed by atoms with van der Waals surface area (Å²) in [6, 6.07) is 0. The molecule has 1 saturated heterocycles. The molecule has 1 fully saturated rings. The van der Waals surface area contributed by atoms with Crippen LogP contribution < -0.4 is 0 Å². The van der Waals surface area contributed by atoms with Crippen molar-refractivity contribution in [2.45, 2.75) is 38.2 Å². The monoisotopic (exact) mass is 193 g/mol. The lowest BCUT2D eigenvalue weighted by atomic mass is 9.95. The van der Waals surface area contributed by atoms with Gasteiger partial charge in [0.05, 0.1) is 5.60 Å². The summed E-state index contributed by atoms with van der Waals surface area (Å²) in [4.78, 5) is 2.43. The maximum Gasteiger partial charge on any atom is 0.0838 e. The number of hydrogen-bond acceptors (Lipinski definition) is 2. The molecule has 0 aromatic heterocycles. The standard InChI is InChI=1S/C12H19NO/c1-12(14)7-5-11(6-8-12)13-9-3-2-4-10-13/h5-7,14H,2-4,8-10H2,1H3. The summed E-state index contributed by atoms with van der Waals surface area (Å²) >= 11 is 0. The average Bonchev–Trinajstić information content (AvgIpc) is 2.19. The summed E-state index contributed by atoms with van der Waals surface area (Å²) < 4.78 is 0. The molecule has 0 aromatic carbocycles. The van der Waals surface area contributed by atoms with E-state index in [1.807, 2.05) is 13.0 Å². The molecule has 0 bridgehead atoms. The minimum Gasteiger partial charge on any atom is -0.386 e. The minimum atomic E-state index is -0.626. The van der Waals surface area contributed by atoms with Gasteiger partial charge in [-0.2, -0.15) is 0 Å². The van der Waals surface area contributed by atoms with Crippen LogP contribution in [0.25, 0.3) is 0 Å². The van der Waals surface area contributed by atoms with Crippen LogP contribution in [-0.2, 0) is 0 Å². The largest absolute Gasteiger partial charge is 0.386 e. The second-order valence-electron chi connectivity index (χ2n) is 4.57. The predicted molar refractivity (Wildman–Crippen MR) is 57.9 cm³/mol. The van der Waals surface area contributed by atoms with Gasteiger partial charge in [0.25, 0.3) is 0 Å². The van der Waals surface area contributed by atoms with E-state index < -0.39 is 5.60 Å². The van der Waals surface area contributed by atoms with Crippen molar-refractivity contribution in [2.75, 3.05) is 13.1 Å². The summed E-state index contributed by atoms with van der Waals surface area (Å²) in [5.41, 5.74) is 0.676. The predicted octanol–water partition coefficient (Wildman–Crippen LogP) is 2.07. The van der Waals surface area contributed by atoms with Gasteiger partial charge >= 0.3 is 0 Å². The Morgan fingerprint density at radius 2 is 2.00 bits per heavy atom. The van der Waals surface area contributed by atoms with Crippen molar-refractivity contribution < 1.29 is 5.11 Å². The molecule has 1 aliphatic heterocycles. The molecule has 2 rings (SSSR count). The molecule has 1 heterocycles. The Hall–Kier alpha value is -0.760. The molecule has 0 saturated carbocycles. The molecular formula is C12H19NO. The molecule has 2 nitrogen and oxygen atoms in total. The number of rotatable bonds is 1. The molecule has 0 aromatic rings. The first-order valence-corrected chi connectivity index (χ1v) is 5.54. The van der Waals surface area contributed by atoms with Gasteiger partial charge in [0.15, 0.2) is 0 Å². The lowest BCUT2D eigenvalue weighted by molar-refractivity contribution is 0.112. The number of hydrogen-bond donors (Lipinski definition) is 1. The Balaban J connectivity index is 1.99. The van der Waals surface area contributed by atoms with Crippen LogP contribution in [0.5, 0.6) is 0 Å². The highest BCUT2D eigenvalue weighted by atomic mass is 16.3. The fraction of sp³-hybridized carbons (Fsp3) is 0.667. The van der Waals surface area contributed by atoms with E-state index in [9.17, 15) is 5.11 Å². The third kappa shape index (κ3) is 2.18. The third-order valence-electron chi connectivity index (χ3n) is 3.06. The van der Waals surface area contributed by atoms with Crippen LogP contribution in [0.3, 0.4) is 0 Å². The second-order valence-corrected chi connectivity index (χ2v) is 4.57. The first-order valence-electron chi connectivity index (χ1n) is 5.54. The molecule has 1 unspecified atom stereocenters. The Morgan fingerprint density at radius 3 is 2.57 bits per heavy atom. The number of piperidine rings is 1. The molecular weight excluding hydrogens is 174 g/mol. The molecule has 2 heteroatoms. The number of nitrogens with zero attached hydrogens (tertiary/aromatic N) is 1. The van der Waals surface area contributed by atoms with Crippen molar-refractivity contribution in [1.29, 1.82) is 0 Å². The zero-order valence-electron chi connectivity index (χ0n) is 8.87. The van der Waals surface area contributed by atoms with Gasteiger partial charge in [-0.1, -0.05) is 12.2 Å². The van der Waals surface area contributed by atoms with Crippen LogP contribution in [0.4, 0.5) is 0 Å². The Morgan fingerprint density at radius 1 is 1.29 bits per heavy atom. The Labute approximate surface area is 85.9 Å². The molecule has 14 heavy (non-hydrogen) atoms. The van der Waals surface area contributed by atoms with E-state index in [4.69, 9.17) is 0 Å². The van der Waals surface area contributed by atoms with E-state index in [1.54, 1.807) is 0 Å². The van der Waals surface area contributed by atoms with Gasteiger partial charge in [0.2, 0.25) is 0 Å². The SMILES string of the molecule is CC1(O)C=CC(N2CCCCC2)=CC1. The zero-order chi connectivity index (χ0) is 10.0. The molecule has 0 radical (unpaired) electrons. The molecule has 0 spiro atoms. The summed E-state index contributed by atoms with van der Waals surface area (Å²) in [5, 5.41) is 9.74. The van der Waals surface area contributed by atoms with E-state index in [1.165, 1.54) is 38.0 Å². The maximum absolute atomic E-state index is 9.74. The molecule has 1 atom stereocenters. The molecule has 2 aliphatic rings. The average molecular weight is 193 g/mol. The molecule has 1 N–H and O–H groups in total. The summed E-state index contributed by atoms with van der Waals surface area (Å²) in [7, 11) is 0. The van der Waals surface area contributed by atoms with E-state index >= 15 is 0 Å². The maximum atomic E-state index is 9.74. The lowest BCUT2D eigenvalue weighted by Gasteiger charge is -2.32. The van der Waals surface area contributed by atoms with E-state index in [2.05, 4.69) is 17.1 Å². The van der Waals surface area contributed by atoms with Gasteiger partial charge in [-0.3, -0.25) is 0 Å². The third-order valence-corrected chi connectivity index (χ3v) is 3.06. The molecule has 0 amide bonds. The second kappa shape index (κ2) is 3.77. The van der Waals surface area contributed by atoms with Crippen LogP contribution in [0.15, 0.2) is 23.9 Å². The number of allylic oxidation sites excluding steroid dienone is 1. The summed E-state index contributed by atoms with van der Waals surface area (Å²) in [6.45, 7) is 4.21. The number of aliphatic hydroxyl groups is 1. The Bertz CT molecular complexity index is 259. The highest BCUT2D eigenvalue weighted by molar-refractivity contribution is 5.26. The van der Waals surface area contributed by atoms with Crippen LogP contribution in [0, 0.1) is 0 Å². The van der Waals surface area contributed by atoms with Crippen molar-refractivity contribution in [3.8, 4) is 0 Å². The smallest absolute Gasteiger partial charge is 0.0838 e. The van der Waals surface area contributed by atoms with Crippen LogP contribution >= 0.6 is 0 Å². The van der Waals surface area contributed by atoms with Crippen molar-refractivity contribution in [3.05, 3.63) is 23.9 Å². The zero-order valence-corrected chi connectivity index (χ0v) is 8.87. The van der Waals surface area contributed by atoms with Crippen LogP contribution in [0.1, 0.15) is 32.6 Å². The van der Waals surface area contributed by atoms with Gasteiger partial charge in [0, 0.05) is 18.8 Å². The lowest BCUT2D eigenvalue weighted by Crippen LogP contribution is -2.31. The fourth-order valence-electron chi connectivity index (χ4n) is 2.10. The summed E-state index contributed by atoms with van der Waals surface area (Å²) in [5.74, 6) is 0. The van der Waals surface area contributed by atoms with Crippen LogP contribution in [-0.4, -0.2) is 28.7 Å². The highest BCUT2D eigenvalue weighted by Gasteiger charge is 2.20. The normalized spacial score (nSPS) is 33.0. The van der Waals surface area contributed by atoms with Crippen molar-refractivity contribution >= 4 is 0 Å². The first kappa shape index (κ1) is 9.78. The molecule has 78 valence electrons. The summed E-state index contributed by atoms with van der Waals surface area (Å²) in [6.07, 6.45) is 10.9. The molecule has 1 aliphatic carbocycles. The topological polar surface area (TPSA) is 23.5 Å². The van der Waals surface area contributed by atoms with Gasteiger partial charge in [-0.25, -0.2) is 0 Å². The van der Waals surface area contributed by atoms with E-state index in [0.29, 0.717) is 0 Å². The van der Waals surface area contributed by atoms with E-state index in [-0.39, 0.29) is 0 Å². The highest BCUT2D eigenvalue weighted by Crippen LogP contribution is 2.24. The Kier molecular flexibility index (Phi) is 2.64. The van der Waals surface area contributed by atoms with Gasteiger partial charge in [-0.05, 0) is 38.7 Å². The minimum absolute atomic E-state index is 0.626. The van der Waals surface area contributed by atoms with Crippen molar-refractivity contribution in [2.24, 2.45) is 0 Å². The van der Waals surface area contributed by atoms with E-state index in [0.717, 1.165) is 6.42 Å². The fourth-order valence-corrected chi connectivity index (χ4v) is 2.10. The van der Waals surface area contributed by atoms with Gasteiger partial charge < -0.3 is 10.0 Å². The van der Waals surface area contributed by atoms with Crippen LogP contribution in [0.2, 0.25) is 0 Å². The van der Waals surface area contributed by atoms with Crippen molar-refractivity contribution in [3.63, 3.8) is 0 Å². The number of likely N-dealkylation sites (tertiary alicyclic amines) is 1. The first-order chi connectivity index (χ1) is 6.67. The van der Waals surface area contributed by atoms with Crippen molar-refractivity contribution in [1.82, 2.24) is 4.90 Å².